The maximum Gasteiger partial charge on any atom is 0.269 e. The highest BCUT2D eigenvalue weighted by molar-refractivity contribution is 6.31. The van der Waals surface area contributed by atoms with Gasteiger partial charge in [0.15, 0.2) is 5.15 Å². The molecule has 1 N–H and O–H groups in total. The van der Waals surface area contributed by atoms with Crippen LogP contribution in [-0.4, -0.2) is 9.91 Å². The van der Waals surface area contributed by atoms with Crippen molar-refractivity contribution >= 4 is 23.0 Å². The van der Waals surface area contributed by atoms with Gasteiger partial charge in [-0.25, -0.2) is 4.98 Å². The first-order valence-corrected chi connectivity index (χ1v) is 6.07. The summed E-state index contributed by atoms with van der Waals surface area (Å²) in [6.45, 7) is 1.95. The second-order valence-electron chi connectivity index (χ2n) is 4.06. The van der Waals surface area contributed by atoms with Crippen LogP contribution in [0.2, 0.25) is 5.15 Å². The van der Waals surface area contributed by atoms with Gasteiger partial charge in [-0.3, -0.25) is 10.1 Å². The fourth-order valence-corrected chi connectivity index (χ4v) is 1.87. The minimum atomic E-state index is -0.417. The smallest absolute Gasteiger partial charge is 0.269 e. The van der Waals surface area contributed by atoms with Crippen molar-refractivity contribution in [3.05, 3.63) is 63.4 Å². The Kier molecular flexibility index (Phi) is 3.97. The van der Waals surface area contributed by atoms with Gasteiger partial charge in [-0.05, 0) is 24.6 Å². The van der Waals surface area contributed by atoms with Crippen LogP contribution in [0.4, 0.5) is 11.4 Å². The number of nitro benzene ring substituents is 1. The highest BCUT2D eigenvalue weighted by Gasteiger charge is 2.10. The first kappa shape index (κ1) is 13.3. The van der Waals surface area contributed by atoms with Crippen molar-refractivity contribution in [2.45, 2.75) is 13.0 Å². The van der Waals surface area contributed by atoms with Crippen LogP contribution in [0.25, 0.3) is 0 Å². The second-order valence-corrected chi connectivity index (χ2v) is 4.41. The Labute approximate surface area is 115 Å². The average molecular weight is 278 g/mol. The molecule has 0 saturated heterocycles. The van der Waals surface area contributed by atoms with E-state index >= 15 is 0 Å². The van der Waals surface area contributed by atoms with Crippen molar-refractivity contribution in [1.29, 1.82) is 0 Å². The molecule has 0 amide bonds. The summed E-state index contributed by atoms with van der Waals surface area (Å²) in [6, 6.07) is 10.0. The van der Waals surface area contributed by atoms with Crippen LogP contribution in [0, 0.1) is 10.1 Å². The van der Waals surface area contributed by atoms with Gasteiger partial charge in [0.05, 0.1) is 10.6 Å². The summed E-state index contributed by atoms with van der Waals surface area (Å²) < 4.78 is 0. The summed E-state index contributed by atoms with van der Waals surface area (Å²) in [5, 5.41) is 14.2. The lowest BCUT2D eigenvalue weighted by Crippen LogP contribution is -2.07. The van der Waals surface area contributed by atoms with Crippen molar-refractivity contribution in [3.8, 4) is 0 Å². The Balaban J connectivity index is 2.14. The molecule has 6 heteroatoms. The third-order valence-electron chi connectivity index (χ3n) is 2.74. The van der Waals surface area contributed by atoms with E-state index < -0.39 is 4.92 Å². The summed E-state index contributed by atoms with van der Waals surface area (Å²) in [5.74, 6) is 0. The Morgan fingerprint density at radius 2 is 2.00 bits per heavy atom. The molecule has 0 spiro atoms. The van der Waals surface area contributed by atoms with E-state index in [9.17, 15) is 10.1 Å². The lowest BCUT2D eigenvalue weighted by Gasteiger charge is -2.16. The number of aromatic nitrogens is 1. The van der Waals surface area contributed by atoms with Crippen LogP contribution >= 0.6 is 11.6 Å². The number of hydrogen-bond acceptors (Lipinski definition) is 4. The van der Waals surface area contributed by atoms with Gasteiger partial charge in [0.1, 0.15) is 0 Å². The molecule has 0 aliphatic carbocycles. The van der Waals surface area contributed by atoms with Gasteiger partial charge in [0, 0.05) is 24.4 Å². The molecule has 19 heavy (non-hydrogen) atoms. The van der Waals surface area contributed by atoms with E-state index in [-0.39, 0.29) is 11.7 Å². The van der Waals surface area contributed by atoms with Gasteiger partial charge in [0.2, 0.25) is 0 Å². The number of nitrogens with one attached hydrogen (secondary N) is 1. The number of nitrogens with zero attached hydrogens (tertiary/aromatic N) is 2. The molecule has 5 nitrogen and oxygen atoms in total. The van der Waals surface area contributed by atoms with Gasteiger partial charge < -0.3 is 5.32 Å². The Bertz CT molecular complexity index is 587. The standard InChI is InChI=1S/C13H12ClN3O2/c1-9(16-12-3-2-8-15-13(12)14)10-4-6-11(7-5-10)17(18)19/h2-9,16H,1H3. The number of hydrogen-bond donors (Lipinski definition) is 1. The van der Waals surface area contributed by atoms with Crippen LogP contribution in [-0.2, 0) is 0 Å². The molecule has 98 valence electrons. The van der Waals surface area contributed by atoms with Gasteiger partial charge in [-0.15, -0.1) is 0 Å². The maximum atomic E-state index is 10.6. The predicted octanol–water partition coefficient (Wildman–Crippen LogP) is 3.82. The molecule has 0 aliphatic heterocycles. The first-order valence-electron chi connectivity index (χ1n) is 5.69. The number of halogens is 1. The van der Waals surface area contributed by atoms with Gasteiger partial charge in [-0.2, -0.15) is 0 Å². The SMILES string of the molecule is CC(Nc1cccnc1Cl)c1ccc([N+](=O)[O-])cc1. The number of non-ortho nitro benzene ring substituents is 1. The number of benzene rings is 1. The molecule has 1 heterocycles. The average Bonchev–Trinajstić information content (AvgIpc) is 2.41. The van der Waals surface area contributed by atoms with Crippen LogP contribution in [0.3, 0.4) is 0 Å². The normalized spacial score (nSPS) is 11.9. The fraction of sp³-hybridized carbons (Fsp3) is 0.154. The van der Waals surface area contributed by atoms with E-state index in [0.29, 0.717) is 5.15 Å². The largest absolute Gasteiger partial charge is 0.376 e. The minimum absolute atomic E-state index is 0.0255. The molecule has 0 saturated carbocycles. The van der Waals surface area contributed by atoms with E-state index in [0.717, 1.165) is 11.3 Å². The topological polar surface area (TPSA) is 68.1 Å². The predicted molar refractivity (Wildman–Crippen MR) is 74.4 cm³/mol. The lowest BCUT2D eigenvalue weighted by molar-refractivity contribution is -0.384. The zero-order valence-electron chi connectivity index (χ0n) is 10.2. The number of nitro groups is 1. The van der Waals surface area contributed by atoms with Crippen LogP contribution in [0.1, 0.15) is 18.5 Å². The van der Waals surface area contributed by atoms with Crippen molar-refractivity contribution < 1.29 is 4.92 Å². The van der Waals surface area contributed by atoms with Gasteiger partial charge in [0.25, 0.3) is 5.69 Å². The van der Waals surface area contributed by atoms with Crippen molar-refractivity contribution in [1.82, 2.24) is 4.98 Å². The lowest BCUT2D eigenvalue weighted by atomic mass is 10.1. The Morgan fingerprint density at radius 3 is 2.58 bits per heavy atom. The monoisotopic (exact) mass is 277 g/mol. The van der Waals surface area contributed by atoms with E-state index in [1.807, 2.05) is 13.0 Å². The van der Waals surface area contributed by atoms with Gasteiger partial charge in [-0.1, -0.05) is 23.7 Å². The molecule has 0 fully saturated rings. The zero-order valence-corrected chi connectivity index (χ0v) is 11.0. The summed E-state index contributed by atoms with van der Waals surface area (Å²) in [4.78, 5) is 14.1. The number of anilines is 1. The molecule has 0 bridgehead atoms. The Morgan fingerprint density at radius 1 is 1.32 bits per heavy atom. The zero-order chi connectivity index (χ0) is 13.8. The first-order chi connectivity index (χ1) is 9.08. The molecule has 1 aromatic heterocycles. The maximum absolute atomic E-state index is 10.6. The molecule has 2 aromatic rings. The highest BCUT2D eigenvalue weighted by Crippen LogP contribution is 2.25. The second kappa shape index (κ2) is 5.67. The van der Waals surface area contributed by atoms with Crippen LogP contribution < -0.4 is 5.32 Å². The molecule has 0 aliphatic rings. The molecule has 0 radical (unpaired) electrons. The molecular formula is C13H12ClN3O2. The molecule has 1 unspecified atom stereocenters. The summed E-state index contributed by atoms with van der Waals surface area (Å²) >= 11 is 5.96. The molecule has 1 atom stereocenters. The van der Waals surface area contributed by atoms with E-state index in [2.05, 4.69) is 10.3 Å². The molecule has 1 aromatic carbocycles. The van der Waals surface area contributed by atoms with E-state index in [4.69, 9.17) is 11.6 Å². The van der Waals surface area contributed by atoms with Gasteiger partial charge >= 0.3 is 0 Å². The third kappa shape index (κ3) is 3.20. The van der Waals surface area contributed by atoms with E-state index in [1.54, 1.807) is 24.4 Å². The van der Waals surface area contributed by atoms with Crippen LogP contribution in [0.15, 0.2) is 42.6 Å². The fourth-order valence-electron chi connectivity index (χ4n) is 1.70. The van der Waals surface area contributed by atoms with Crippen molar-refractivity contribution in [2.75, 3.05) is 5.32 Å². The number of pyridine rings is 1. The quantitative estimate of drug-likeness (QED) is 0.524. The Hall–Kier alpha value is -2.14. The summed E-state index contributed by atoms with van der Waals surface area (Å²) in [7, 11) is 0. The molecule has 2 rings (SSSR count). The van der Waals surface area contributed by atoms with E-state index in [1.165, 1.54) is 12.1 Å². The summed E-state index contributed by atoms with van der Waals surface area (Å²) in [6.07, 6.45) is 1.62. The van der Waals surface area contributed by atoms with Crippen molar-refractivity contribution in [3.63, 3.8) is 0 Å². The third-order valence-corrected chi connectivity index (χ3v) is 3.04. The molecular weight excluding hydrogens is 266 g/mol. The number of rotatable bonds is 4. The van der Waals surface area contributed by atoms with Crippen LogP contribution in [0.5, 0.6) is 0 Å². The highest BCUT2D eigenvalue weighted by atomic mass is 35.5. The minimum Gasteiger partial charge on any atom is -0.376 e. The summed E-state index contributed by atoms with van der Waals surface area (Å²) in [5.41, 5.74) is 1.75. The van der Waals surface area contributed by atoms with Crippen molar-refractivity contribution in [2.24, 2.45) is 0 Å².